The molecule has 1 saturated carbocycles. The summed E-state index contributed by atoms with van der Waals surface area (Å²) >= 11 is 0. The van der Waals surface area contributed by atoms with E-state index in [0.717, 1.165) is 18.5 Å². The first-order valence-electron chi connectivity index (χ1n) is 5.55. The molecule has 88 valence electrons. The number of aromatic nitrogens is 3. The van der Waals surface area contributed by atoms with Gasteiger partial charge in [-0.15, -0.1) is 10.2 Å². The molecule has 17 heavy (non-hydrogen) atoms. The monoisotopic (exact) mass is 231 g/mol. The number of pyridine rings is 1. The minimum atomic E-state index is -0.638. The molecule has 2 aromatic heterocycles. The molecule has 2 aromatic rings. The third kappa shape index (κ3) is 1.76. The lowest BCUT2D eigenvalue weighted by atomic mass is 10.3. The van der Waals surface area contributed by atoms with E-state index in [-0.39, 0.29) is 5.91 Å². The summed E-state index contributed by atoms with van der Waals surface area (Å²) in [6.45, 7) is 0.350. The second-order valence-corrected chi connectivity index (χ2v) is 4.38. The molecule has 0 aliphatic heterocycles. The van der Waals surface area contributed by atoms with Gasteiger partial charge in [-0.25, -0.2) is 0 Å². The lowest BCUT2D eigenvalue weighted by Gasteiger charge is -2.08. The molecule has 0 spiro atoms. The molecule has 0 aromatic carbocycles. The Morgan fingerprint density at radius 1 is 1.47 bits per heavy atom. The van der Waals surface area contributed by atoms with Crippen LogP contribution in [0.5, 0.6) is 0 Å². The van der Waals surface area contributed by atoms with Crippen molar-refractivity contribution in [2.24, 2.45) is 5.73 Å². The number of rotatable bonds is 3. The SMILES string of the molecule is NC1(C(=O)NCc2nnc3ccccn23)CC1. The van der Waals surface area contributed by atoms with Crippen LogP contribution in [0.15, 0.2) is 24.4 Å². The zero-order valence-electron chi connectivity index (χ0n) is 9.26. The van der Waals surface area contributed by atoms with E-state index >= 15 is 0 Å². The van der Waals surface area contributed by atoms with Gasteiger partial charge in [-0.2, -0.15) is 0 Å². The van der Waals surface area contributed by atoms with Crippen molar-refractivity contribution in [3.63, 3.8) is 0 Å². The molecule has 6 nitrogen and oxygen atoms in total. The van der Waals surface area contributed by atoms with Crippen LogP contribution in [0.25, 0.3) is 5.65 Å². The van der Waals surface area contributed by atoms with Gasteiger partial charge in [-0.1, -0.05) is 6.07 Å². The van der Waals surface area contributed by atoms with E-state index in [1.807, 2.05) is 28.8 Å². The Morgan fingerprint density at radius 3 is 3.06 bits per heavy atom. The van der Waals surface area contributed by atoms with Crippen LogP contribution in [-0.4, -0.2) is 26.0 Å². The molecule has 0 radical (unpaired) electrons. The predicted molar refractivity (Wildman–Crippen MR) is 61.0 cm³/mol. The number of hydrogen-bond donors (Lipinski definition) is 2. The van der Waals surface area contributed by atoms with Crippen molar-refractivity contribution < 1.29 is 4.79 Å². The highest BCUT2D eigenvalue weighted by Gasteiger charge is 2.45. The van der Waals surface area contributed by atoms with Gasteiger partial charge in [0.05, 0.1) is 12.1 Å². The molecule has 1 fully saturated rings. The summed E-state index contributed by atoms with van der Waals surface area (Å²) < 4.78 is 1.84. The van der Waals surface area contributed by atoms with Gasteiger partial charge in [0, 0.05) is 6.20 Å². The van der Waals surface area contributed by atoms with Crippen molar-refractivity contribution in [1.29, 1.82) is 0 Å². The summed E-state index contributed by atoms with van der Waals surface area (Å²) in [7, 11) is 0. The maximum atomic E-state index is 11.7. The molecule has 6 heteroatoms. The van der Waals surface area contributed by atoms with Crippen molar-refractivity contribution in [2.75, 3.05) is 0 Å². The maximum absolute atomic E-state index is 11.7. The quantitative estimate of drug-likeness (QED) is 0.768. The average Bonchev–Trinajstić information content (AvgIpc) is 2.97. The van der Waals surface area contributed by atoms with Gasteiger partial charge in [0.1, 0.15) is 0 Å². The Hall–Kier alpha value is -1.95. The smallest absolute Gasteiger partial charge is 0.240 e. The summed E-state index contributed by atoms with van der Waals surface area (Å²) in [4.78, 5) is 11.7. The highest BCUT2D eigenvalue weighted by molar-refractivity contribution is 5.88. The fraction of sp³-hybridized carbons (Fsp3) is 0.364. The Bertz CT molecular complexity index is 572. The number of carbonyl (C=O) groups excluding carboxylic acids is 1. The number of hydrogen-bond acceptors (Lipinski definition) is 4. The van der Waals surface area contributed by atoms with Crippen molar-refractivity contribution in [3.8, 4) is 0 Å². The van der Waals surface area contributed by atoms with Crippen molar-refractivity contribution >= 4 is 11.6 Å². The lowest BCUT2D eigenvalue weighted by molar-refractivity contribution is -0.123. The molecule has 2 heterocycles. The van der Waals surface area contributed by atoms with Gasteiger partial charge < -0.3 is 11.1 Å². The predicted octanol–water partition coefficient (Wildman–Crippen LogP) is -0.163. The first-order valence-corrected chi connectivity index (χ1v) is 5.55. The molecule has 1 amide bonds. The van der Waals surface area contributed by atoms with Crippen LogP contribution in [-0.2, 0) is 11.3 Å². The van der Waals surface area contributed by atoms with Crippen molar-refractivity contribution in [1.82, 2.24) is 19.9 Å². The summed E-state index contributed by atoms with van der Waals surface area (Å²) in [5, 5.41) is 10.8. The van der Waals surface area contributed by atoms with E-state index < -0.39 is 5.54 Å². The topological polar surface area (TPSA) is 85.3 Å². The first kappa shape index (κ1) is 10.2. The minimum absolute atomic E-state index is 0.106. The Balaban J connectivity index is 1.75. The van der Waals surface area contributed by atoms with E-state index in [0.29, 0.717) is 12.4 Å². The summed E-state index contributed by atoms with van der Waals surface area (Å²) in [6, 6.07) is 5.65. The number of nitrogens with two attached hydrogens (primary N) is 1. The molecule has 0 atom stereocenters. The molecule has 1 aliphatic carbocycles. The third-order valence-electron chi connectivity index (χ3n) is 3.03. The molecule has 3 rings (SSSR count). The normalized spacial score (nSPS) is 17.0. The fourth-order valence-electron chi connectivity index (χ4n) is 1.71. The Labute approximate surface area is 97.8 Å². The first-order chi connectivity index (χ1) is 8.19. The van der Waals surface area contributed by atoms with Crippen LogP contribution in [0.2, 0.25) is 0 Å². The summed E-state index contributed by atoms with van der Waals surface area (Å²) in [5.41, 5.74) is 5.92. The van der Waals surface area contributed by atoms with Crippen LogP contribution in [0.1, 0.15) is 18.7 Å². The Kier molecular flexibility index (Phi) is 2.12. The average molecular weight is 231 g/mol. The molecule has 3 N–H and O–H groups in total. The maximum Gasteiger partial charge on any atom is 0.240 e. The fourth-order valence-corrected chi connectivity index (χ4v) is 1.71. The number of nitrogens with zero attached hydrogens (tertiary/aromatic N) is 3. The second kappa shape index (κ2) is 3.53. The van der Waals surface area contributed by atoms with Crippen molar-refractivity contribution in [3.05, 3.63) is 30.2 Å². The standard InChI is InChI=1S/C11H13N5O/c12-11(4-5-11)10(17)13-7-9-15-14-8-3-1-2-6-16(8)9/h1-3,6H,4-5,7,12H2,(H,13,17). The van der Waals surface area contributed by atoms with Crippen LogP contribution in [0, 0.1) is 0 Å². The van der Waals surface area contributed by atoms with Gasteiger partial charge in [-0.05, 0) is 25.0 Å². The highest BCUT2D eigenvalue weighted by Crippen LogP contribution is 2.32. The van der Waals surface area contributed by atoms with E-state index in [1.54, 1.807) is 0 Å². The number of fused-ring (bicyclic) bond motifs is 1. The van der Waals surface area contributed by atoms with E-state index in [9.17, 15) is 4.79 Å². The van der Waals surface area contributed by atoms with Crippen LogP contribution >= 0.6 is 0 Å². The number of amides is 1. The van der Waals surface area contributed by atoms with Crippen LogP contribution < -0.4 is 11.1 Å². The molecule has 1 aliphatic rings. The summed E-state index contributed by atoms with van der Waals surface area (Å²) in [6.07, 6.45) is 3.39. The third-order valence-corrected chi connectivity index (χ3v) is 3.03. The Morgan fingerprint density at radius 2 is 2.29 bits per heavy atom. The number of carbonyl (C=O) groups is 1. The molecule has 0 bridgehead atoms. The second-order valence-electron chi connectivity index (χ2n) is 4.38. The molecule has 0 unspecified atom stereocenters. The highest BCUT2D eigenvalue weighted by atomic mass is 16.2. The van der Waals surface area contributed by atoms with E-state index in [4.69, 9.17) is 5.73 Å². The number of nitrogens with one attached hydrogen (secondary N) is 1. The zero-order valence-corrected chi connectivity index (χ0v) is 9.26. The van der Waals surface area contributed by atoms with E-state index in [1.165, 1.54) is 0 Å². The summed E-state index contributed by atoms with van der Waals surface area (Å²) in [5.74, 6) is 0.600. The van der Waals surface area contributed by atoms with Crippen LogP contribution in [0.3, 0.4) is 0 Å². The van der Waals surface area contributed by atoms with Gasteiger partial charge in [0.15, 0.2) is 11.5 Å². The van der Waals surface area contributed by atoms with Crippen molar-refractivity contribution in [2.45, 2.75) is 24.9 Å². The van der Waals surface area contributed by atoms with Crippen LogP contribution in [0.4, 0.5) is 0 Å². The molecular formula is C11H13N5O. The lowest BCUT2D eigenvalue weighted by Crippen LogP contribution is -2.42. The van der Waals surface area contributed by atoms with Gasteiger partial charge in [0.25, 0.3) is 0 Å². The molecular weight excluding hydrogens is 218 g/mol. The van der Waals surface area contributed by atoms with Gasteiger partial charge >= 0.3 is 0 Å². The minimum Gasteiger partial charge on any atom is -0.347 e. The zero-order chi connectivity index (χ0) is 11.9. The van der Waals surface area contributed by atoms with Gasteiger partial charge in [0.2, 0.25) is 5.91 Å². The van der Waals surface area contributed by atoms with E-state index in [2.05, 4.69) is 15.5 Å². The van der Waals surface area contributed by atoms with Gasteiger partial charge in [-0.3, -0.25) is 9.20 Å². The molecule has 0 saturated heterocycles. The largest absolute Gasteiger partial charge is 0.347 e.